The minimum absolute atomic E-state index is 0.180. The van der Waals surface area contributed by atoms with Crippen molar-refractivity contribution in [2.45, 2.75) is 19.3 Å². The molecule has 2 N–H and O–H groups in total. The Labute approximate surface area is 65.4 Å². The van der Waals surface area contributed by atoms with Crippen molar-refractivity contribution in [3.05, 3.63) is 0 Å². The average molecular weight is 166 g/mol. The fraction of sp³-hybridized carbons (Fsp3) is 1.00. The van der Waals surface area contributed by atoms with E-state index in [1.165, 1.54) is 14.0 Å². The van der Waals surface area contributed by atoms with Crippen LogP contribution >= 0.6 is 0 Å². The molecule has 0 saturated heterocycles. The second kappa shape index (κ2) is 6.51. The van der Waals surface area contributed by atoms with E-state index in [1.807, 2.05) is 0 Å². The second-order valence-electron chi connectivity index (χ2n) is 1.99. The quantitative estimate of drug-likeness (QED) is 0.236. The van der Waals surface area contributed by atoms with E-state index < -0.39 is 12.4 Å². The van der Waals surface area contributed by atoms with Gasteiger partial charge in [0, 0.05) is 0 Å². The number of rotatable bonds is 6. The molecule has 0 saturated carbocycles. The van der Waals surface area contributed by atoms with Crippen LogP contribution in [-0.4, -0.2) is 42.9 Å². The van der Waals surface area contributed by atoms with Crippen LogP contribution in [0.2, 0.25) is 0 Å². The van der Waals surface area contributed by atoms with Crippen molar-refractivity contribution in [1.82, 2.24) is 0 Å². The zero-order valence-corrected chi connectivity index (χ0v) is 6.69. The second-order valence-corrected chi connectivity index (χ2v) is 1.99. The summed E-state index contributed by atoms with van der Waals surface area (Å²) in [6.07, 6.45) is -2.05. The molecule has 0 aromatic rings. The Kier molecular flexibility index (Phi) is 6.39. The van der Waals surface area contributed by atoms with Crippen molar-refractivity contribution in [3.63, 3.8) is 0 Å². The van der Waals surface area contributed by atoms with Crippen LogP contribution in [0.5, 0.6) is 0 Å². The van der Waals surface area contributed by atoms with Crippen LogP contribution in [0.3, 0.4) is 0 Å². The molecule has 0 radical (unpaired) electrons. The van der Waals surface area contributed by atoms with E-state index in [2.05, 4.69) is 9.78 Å². The fourth-order valence-electron chi connectivity index (χ4n) is 0.425. The Morgan fingerprint density at radius 2 is 1.91 bits per heavy atom. The van der Waals surface area contributed by atoms with Crippen LogP contribution in [0.4, 0.5) is 0 Å². The van der Waals surface area contributed by atoms with Crippen molar-refractivity contribution in [1.29, 1.82) is 0 Å². The van der Waals surface area contributed by atoms with Crippen LogP contribution < -0.4 is 0 Å². The molecule has 0 aromatic heterocycles. The summed E-state index contributed by atoms with van der Waals surface area (Å²) in [4.78, 5) is 8.71. The molecule has 0 spiro atoms. The minimum atomic E-state index is -1.16. The zero-order chi connectivity index (χ0) is 8.69. The summed E-state index contributed by atoms with van der Waals surface area (Å²) in [7, 11) is 1.38. The predicted molar refractivity (Wildman–Crippen MR) is 36.6 cm³/mol. The van der Waals surface area contributed by atoms with Crippen molar-refractivity contribution in [2.24, 2.45) is 0 Å². The summed E-state index contributed by atoms with van der Waals surface area (Å²) in [6, 6.07) is 0. The lowest BCUT2D eigenvalue weighted by Crippen LogP contribution is -2.27. The lowest BCUT2D eigenvalue weighted by Gasteiger charge is -2.13. The first-order valence-corrected chi connectivity index (χ1v) is 3.32. The third kappa shape index (κ3) is 6.21. The molecule has 0 amide bonds. The van der Waals surface area contributed by atoms with Crippen LogP contribution in [0, 0.1) is 0 Å². The van der Waals surface area contributed by atoms with Gasteiger partial charge in [0.15, 0.2) is 6.29 Å². The Hall–Kier alpha value is -0.200. The molecule has 0 rings (SSSR count). The Morgan fingerprint density at radius 1 is 1.27 bits per heavy atom. The van der Waals surface area contributed by atoms with Gasteiger partial charge in [-0.1, -0.05) is 0 Å². The van der Waals surface area contributed by atoms with E-state index in [9.17, 15) is 0 Å². The number of aliphatic hydroxyl groups excluding tert-OH is 2. The molecule has 0 heterocycles. The molecule has 11 heavy (non-hydrogen) atoms. The first kappa shape index (κ1) is 10.8. The monoisotopic (exact) mass is 166 g/mol. The van der Waals surface area contributed by atoms with Gasteiger partial charge in [-0.15, -0.1) is 0 Å². The summed E-state index contributed by atoms with van der Waals surface area (Å²) in [5, 5.41) is 17.6. The average Bonchev–Trinajstić information content (AvgIpc) is 1.97. The molecule has 0 aliphatic heterocycles. The summed E-state index contributed by atoms with van der Waals surface area (Å²) in [6.45, 7) is 1.84. The fourth-order valence-corrected chi connectivity index (χ4v) is 0.425. The number of aliphatic hydroxyl groups is 2. The lowest BCUT2D eigenvalue weighted by molar-refractivity contribution is -0.285. The molecule has 0 bridgehead atoms. The van der Waals surface area contributed by atoms with Gasteiger partial charge in [-0.05, 0) is 6.92 Å². The van der Waals surface area contributed by atoms with Crippen LogP contribution in [-0.2, 0) is 14.5 Å². The van der Waals surface area contributed by atoms with E-state index in [0.29, 0.717) is 0 Å². The number of hydrogen-bond donors (Lipinski definition) is 2. The molecular formula is C6H14O5. The van der Waals surface area contributed by atoms with E-state index in [4.69, 9.17) is 14.9 Å². The molecule has 2 atom stereocenters. The summed E-state index contributed by atoms with van der Waals surface area (Å²) < 4.78 is 4.71. The maximum Gasteiger partial charge on any atom is 0.180 e. The van der Waals surface area contributed by atoms with Crippen molar-refractivity contribution < 1.29 is 24.7 Å². The van der Waals surface area contributed by atoms with Gasteiger partial charge in [0.05, 0.1) is 13.7 Å². The van der Waals surface area contributed by atoms with Gasteiger partial charge in [0.2, 0.25) is 0 Å². The van der Waals surface area contributed by atoms with Crippen molar-refractivity contribution >= 4 is 0 Å². The van der Waals surface area contributed by atoms with E-state index >= 15 is 0 Å². The van der Waals surface area contributed by atoms with Gasteiger partial charge in [0.25, 0.3) is 0 Å². The van der Waals surface area contributed by atoms with Gasteiger partial charge in [-0.25, -0.2) is 9.78 Å². The van der Waals surface area contributed by atoms with Gasteiger partial charge < -0.3 is 14.9 Å². The molecule has 0 fully saturated rings. The highest BCUT2D eigenvalue weighted by atomic mass is 17.2. The van der Waals surface area contributed by atoms with E-state index in [0.717, 1.165) is 0 Å². The van der Waals surface area contributed by atoms with Gasteiger partial charge in [0.1, 0.15) is 12.7 Å². The maximum absolute atomic E-state index is 8.86. The van der Waals surface area contributed by atoms with Gasteiger partial charge in [-0.2, -0.15) is 0 Å². The molecule has 2 unspecified atom stereocenters. The summed E-state index contributed by atoms with van der Waals surface area (Å²) >= 11 is 0. The topological polar surface area (TPSA) is 68.2 Å². The summed E-state index contributed by atoms with van der Waals surface area (Å²) in [5.74, 6) is 0. The number of hydrogen-bond acceptors (Lipinski definition) is 5. The van der Waals surface area contributed by atoms with Crippen molar-refractivity contribution in [2.75, 3.05) is 20.3 Å². The van der Waals surface area contributed by atoms with E-state index in [1.54, 1.807) is 0 Å². The number of ether oxygens (including phenoxy) is 1. The molecule has 68 valence electrons. The van der Waals surface area contributed by atoms with Crippen molar-refractivity contribution in [3.8, 4) is 0 Å². The third-order valence-electron chi connectivity index (χ3n) is 0.986. The molecule has 0 aliphatic rings. The normalized spacial score (nSPS) is 16.4. The van der Waals surface area contributed by atoms with Crippen LogP contribution in [0.15, 0.2) is 0 Å². The van der Waals surface area contributed by atoms with Gasteiger partial charge in [-0.3, -0.25) is 0 Å². The third-order valence-corrected chi connectivity index (χ3v) is 0.986. The predicted octanol–water partition coefficient (Wildman–Crippen LogP) is -0.720. The molecule has 5 heteroatoms. The molecule has 0 aliphatic carbocycles. The first-order chi connectivity index (χ1) is 5.18. The molecule has 0 aromatic carbocycles. The zero-order valence-electron chi connectivity index (χ0n) is 6.69. The SMILES string of the molecule is COOCCOC(O)C(C)O. The molecule has 5 nitrogen and oxygen atoms in total. The van der Waals surface area contributed by atoms with Crippen LogP contribution in [0.25, 0.3) is 0 Å². The highest BCUT2D eigenvalue weighted by Crippen LogP contribution is 1.93. The smallest absolute Gasteiger partial charge is 0.180 e. The highest BCUT2D eigenvalue weighted by molar-refractivity contribution is 4.47. The summed E-state index contributed by atoms with van der Waals surface area (Å²) in [5.41, 5.74) is 0. The molecular weight excluding hydrogens is 152 g/mol. The first-order valence-electron chi connectivity index (χ1n) is 3.32. The standard InChI is InChI=1S/C6H14O5/c1-5(7)6(8)10-3-4-11-9-2/h5-8H,3-4H2,1-2H3. The van der Waals surface area contributed by atoms with Crippen LogP contribution in [0.1, 0.15) is 6.92 Å². The van der Waals surface area contributed by atoms with E-state index in [-0.39, 0.29) is 13.2 Å². The Balaban J connectivity index is 3.10. The highest BCUT2D eigenvalue weighted by Gasteiger charge is 2.09. The largest absolute Gasteiger partial charge is 0.388 e. The maximum atomic E-state index is 8.86. The Bertz CT molecular complexity index is 85.0. The Morgan fingerprint density at radius 3 is 2.36 bits per heavy atom. The minimum Gasteiger partial charge on any atom is -0.388 e. The lowest BCUT2D eigenvalue weighted by atomic mass is 10.4. The van der Waals surface area contributed by atoms with Gasteiger partial charge >= 0.3 is 0 Å².